The molecule has 0 N–H and O–H groups in total. The van der Waals surface area contributed by atoms with Crippen LogP contribution in [-0.2, 0) is 13.6 Å². The molecular formula is C26H23N3O. The second-order valence-electron chi connectivity index (χ2n) is 7.83. The van der Waals surface area contributed by atoms with Crippen molar-refractivity contribution in [3.8, 4) is 11.1 Å². The first kappa shape index (κ1) is 18.4. The number of fused-ring (bicyclic) bond motifs is 1. The lowest BCUT2D eigenvalue weighted by Gasteiger charge is -2.34. The molecule has 0 spiro atoms. The molecule has 0 saturated heterocycles. The van der Waals surface area contributed by atoms with E-state index in [-0.39, 0.29) is 11.8 Å². The highest BCUT2D eigenvalue weighted by Crippen LogP contribution is 2.34. The standard InChI is InChI=1S/C26H23N3O/c1-28-16-23(15-27-28)25-18-29(17-22-9-5-6-10-24(22)25)26(30)21-13-11-20(12-14-21)19-7-3-2-4-8-19/h2-16,25H,17-18H2,1H3. The predicted octanol–water partition coefficient (Wildman–Crippen LogP) is 4.88. The first-order chi connectivity index (χ1) is 14.7. The second-order valence-corrected chi connectivity index (χ2v) is 7.83. The molecule has 0 radical (unpaired) electrons. The van der Waals surface area contributed by atoms with E-state index in [1.807, 2.05) is 77.6 Å². The zero-order chi connectivity index (χ0) is 20.5. The molecule has 1 amide bonds. The Morgan fingerprint density at radius 2 is 1.60 bits per heavy atom. The SMILES string of the molecule is Cn1cc(C2CN(C(=O)c3ccc(-c4ccccc4)cc3)Cc3ccccc32)cn1. The Bertz CT molecular complexity index is 1180. The van der Waals surface area contributed by atoms with E-state index in [1.165, 1.54) is 11.1 Å². The minimum atomic E-state index is 0.0676. The largest absolute Gasteiger partial charge is 0.333 e. The van der Waals surface area contributed by atoms with Crippen LogP contribution in [0.5, 0.6) is 0 Å². The number of aryl methyl sites for hydroxylation is 1. The highest BCUT2D eigenvalue weighted by molar-refractivity contribution is 5.95. The molecule has 4 nitrogen and oxygen atoms in total. The number of hydrogen-bond acceptors (Lipinski definition) is 2. The summed E-state index contributed by atoms with van der Waals surface area (Å²) in [6, 6.07) is 26.6. The van der Waals surface area contributed by atoms with Gasteiger partial charge in [0, 0.05) is 37.8 Å². The lowest BCUT2D eigenvalue weighted by Crippen LogP contribution is -2.38. The Morgan fingerprint density at radius 1 is 0.900 bits per heavy atom. The molecule has 1 aliphatic rings. The molecule has 5 rings (SSSR count). The molecule has 3 aromatic carbocycles. The molecule has 148 valence electrons. The van der Waals surface area contributed by atoms with Crippen LogP contribution in [0.25, 0.3) is 11.1 Å². The Morgan fingerprint density at radius 3 is 2.33 bits per heavy atom. The molecule has 1 aromatic heterocycles. The van der Waals surface area contributed by atoms with Crippen molar-refractivity contribution in [1.82, 2.24) is 14.7 Å². The van der Waals surface area contributed by atoms with Crippen LogP contribution in [0.2, 0.25) is 0 Å². The second kappa shape index (κ2) is 7.64. The number of carbonyl (C=O) groups excluding carboxylic acids is 1. The fourth-order valence-corrected chi connectivity index (χ4v) is 4.29. The quantitative estimate of drug-likeness (QED) is 0.498. The molecule has 0 saturated carbocycles. The van der Waals surface area contributed by atoms with Crippen molar-refractivity contribution in [2.24, 2.45) is 7.05 Å². The van der Waals surface area contributed by atoms with Crippen LogP contribution in [0.4, 0.5) is 0 Å². The summed E-state index contributed by atoms with van der Waals surface area (Å²) in [6.45, 7) is 1.29. The Labute approximate surface area is 176 Å². The van der Waals surface area contributed by atoms with Gasteiger partial charge in [-0.05, 0) is 39.9 Å². The van der Waals surface area contributed by atoms with Gasteiger partial charge in [0.25, 0.3) is 5.91 Å². The zero-order valence-electron chi connectivity index (χ0n) is 16.9. The van der Waals surface area contributed by atoms with Crippen molar-refractivity contribution in [2.45, 2.75) is 12.5 Å². The van der Waals surface area contributed by atoms with Crippen molar-refractivity contribution in [2.75, 3.05) is 6.54 Å². The molecule has 4 aromatic rings. The third-order valence-corrected chi connectivity index (χ3v) is 5.85. The lowest BCUT2D eigenvalue weighted by atomic mass is 9.86. The summed E-state index contributed by atoms with van der Waals surface area (Å²) >= 11 is 0. The highest BCUT2D eigenvalue weighted by Gasteiger charge is 2.30. The minimum absolute atomic E-state index is 0.0676. The summed E-state index contributed by atoms with van der Waals surface area (Å²) in [5.74, 6) is 0.203. The Hall–Kier alpha value is -3.66. The van der Waals surface area contributed by atoms with Gasteiger partial charge in [0.2, 0.25) is 0 Å². The van der Waals surface area contributed by atoms with Crippen LogP contribution in [0, 0.1) is 0 Å². The molecule has 1 aliphatic heterocycles. The lowest BCUT2D eigenvalue weighted by molar-refractivity contribution is 0.0725. The molecule has 0 bridgehead atoms. The predicted molar refractivity (Wildman–Crippen MR) is 118 cm³/mol. The average Bonchev–Trinajstić information content (AvgIpc) is 3.24. The molecule has 1 atom stereocenters. The van der Waals surface area contributed by atoms with Crippen molar-refractivity contribution < 1.29 is 4.79 Å². The minimum Gasteiger partial charge on any atom is -0.333 e. The average molecular weight is 393 g/mol. The summed E-state index contributed by atoms with van der Waals surface area (Å²) in [6.07, 6.45) is 3.95. The molecule has 30 heavy (non-hydrogen) atoms. The first-order valence-electron chi connectivity index (χ1n) is 10.2. The summed E-state index contributed by atoms with van der Waals surface area (Å²) in [5.41, 5.74) is 6.62. The van der Waals surface area contributed by atoms with Crippen LogP contribution in [0.1, 0.15) is 33.0 Å². The van der Waals surface area contributed by atoms with Crippen LogP contribution in [0.3, 0.4) is 0 Å². The van der Waals surface area contributed by atoms with Crippen LogP contribution < -0.4 is 0 Å². The zero-order valence-corrected chi connectivity index (χ0v) is 16.9. The molecule has 0 aliphatic carbocycles. The molecule has 0 fully saturated rings. The molecule has 4 heteroatoms. The maximum Gasteiger partial charge on any atom is 0.254 e. The summed E-state index contributed by atoms with van der Waals surface area (Å²) in [7, 11) is 1.93. The summed E-state index contributed by atoms with van der Waals surface area (Å²) < 4.78 is 1.82. The smallest absolute Gasteiger partial charge is 0.254 e. The van der Waals surface area contributed by atoms with Crippen LogP contribution >= 0.6 is 0 Å². The van der Waals surface area contributed by atoms with E-state index in [1.54, 1.807) is 0 Å². The van der Waals surface area contributed by atoms with E-state index in [2.05, 4.69) is 35.4 Å². The van der Waals surface area contributed by atoms with Crippen LogP contribution in [-0.4, -0.2) is 27.1 Å². The van der Waals surface area contributed by atoms with Gasteiger partial charge in [-0.15, -0.1) is 0 Å². The number of amides is 1. The highest BCUT2D eigenvalue weighted by atomic mass is 16.2. The van der Waals surface area contributed by atoms with Crippen molar-refractivity contribution >= 4 is 5.91 Å². The fraction of sp³-hybridized carbons (Fsp3) is 0.154. The normalized spacial score (nSPS) is 15.6. The van der Waals surface area contributed by atoms with Gasteiger partial charge >= 0.3 is 0 Å². The first-order valence-corrected chi connectivity index (χ1v) is 10.2. The fourth-order valence-electron chi connectivity index (χ4n) is 4.29. The monoisotopic (exact) mass is 393 g/mol. The third-order valence-electron chi connectivity index (χ3n) is 5.85. The van der Waals surface area contributed by atoms with E-state index in [9.17, 15) is 4.79 Å². The molecular weight excluding hydrogens is 370 g/mol. The number of nitrogens with zero attached hydrogens (tertiary/aromatic N) is 3. The van der Waals surface area contributed by atoms with Gasteiger partial charge in [0.05, 0.1) is 6.20 Å². The topological polar surface area (TPSA) is 38.1 Å². The van der Waals surface area contributed by atoms with Gasteiger partial charge in [-0.2, -0.15) is 5.10 Å². The Balaban J connectivity index is 1.43. The van der Waals surface area contributed by atoms with Gasteiger partial charge in [-0.3, -0.25) is 9.48 Å². The third kappa shape index (κ3) is 3.41. The van der Waals surface area contributed by atoms with Crippen molar-refractivity contribution in [3.63, 3.8) is 0 Å². The van der Waals surface area contributed by atoms with E-state index in [4.69, 9.17) is 0 Å². The number of hydrogen-bond donors (Lipinski definition) is 0. The number of aromatic nitrogens is 2. The van der Waals surface area contributed by atoms with Gasteiger partial charge in [-0.25, -0.2) is 0 Å². The summed E-state index contributed by atoms with van der Waals surface area (Å²) in [5, 5.41) is 4.34. The summed E-state index contributed by atoms with van der Waals surface area (Å²) in [4.78, 5) is 15.3. The van der Waals surface area contributed by atoms with Gasteiger partial charge in [-0.1, -0.05) is 66.7 Å². The van der Waals surface area contributed by atoms with Crippen molar-refractivity contribution in [3.05, 3.63) is 114 Å². The number of rotatable bonds is 3. The van der Waals surface area contributed by atoms with Gasteiger partial charge in [0.15, 0.2) is 0 Å². The maximum absolute atomic E-state index is 13.3. The van der Waals surface area contributed by atoms with E-state index >= 15 is 0 Å². The number of benzene rings is 3. The Kier molecular flexibility index (Phi) is 4.68. The van der Waals surface area contributed by atoms with E-state index in [0.29, 0.717) is 13.1 Å². The van der Waals surface area contributed by atoms with Crippen molar-refractivity contribution in [1.29, 1.82) is 0 Å². The molecule has 1 unspecified atom stereocenters. The maximum atomic E-state index is 13.3. The van der Waals surface area contributed by atoms with Crippen LogP contribution in [0.15, 0.2) is 91.3 Å². The van der Waals surface area contributed by atoms with E-state index < -0.39 is 0 Å². The van der Waals surface area contributed by atoms with Gasteiger partial charge < -0.3 is 4.90 Å². The molecule has 2 heterocycles. The number of carbonyl (C=O) groups is 1. The van der Waals surface area contributed by atoms with E-state index in [0.717, 1.165) is 22.3 Å². The van der Waals surface area contributed by atoms with Gasteiger partial charge in [0.1, 0.15) is 0 Å².